The Bertz CT molecular complexity index is 936. The van der Waals surface area contributed by atoms with Crippen LogP contribution in [0.1, 0.15) is 18.1 Å². The van der Waals surface area contributed by atoms with Gasteiger partial charge < -0.3 is 34.6 Å². The van der Waals surface area contributed by atoms with Crippen molar-refractivity contribution in [3.63, 3.8) is 0 Å². The Hall–Kier alpha value is -3.22. The molecule has 2 aromatic rings. The van der Waals surface area contributed by atoms with E-state index < -0.39 is 42.9 Å². The summed E-state index contributed by atoms with van der Waals surface area (Å²) >= 11 is 0. The van der Waals surface area contributed by atoms with Crippen molar-refractivity contribution in [2.24, 2.45) is 0 Å². The van der Waals surface area contributed by atoms with E-state index in [9.17, 15) is 24.9 Å². The van der Waals surface area contributed by atoms with Gasteiger partial charge in [0.15, 0.2) is 0 Å². The summed E-state index contributed by atoms with van der Waals surface area (Å²) in [6.45, 7) is 1.38. The van der Waals surface area contributed by atoms with Crippen LogP contribution < -0.4 is 10.6 Å². The second-order valence-corrected chi connectivity index (χ2v) is 7.46. The molecule has 33 heavy (non-hydrogen) atoms. The monoisotopic (exact) mass is 462 g/mol. The predicted octanol–water partition coefficient (Wildman–Crippen LogP) is 1.30. The highest BCUT2D eigenvalue weighted by molar-refractivity contribution is 5.85. The summed E-state index contributed by atoms with van der Waals surface area (Å²) in [5.41, 5.74) is 2.28. The number of hydrogen-bond donors (Lipinski definition) is 6. The molecule has 1 fully saturated rings. The molecular formula is C22H26N2O9. The maximum Gasteiger partial charge on any atom is 0.414 e. The second-order valence-electron chi connectivity index (χ2n) is 7.46. The van der Waals surface area contributed by atoms with Gasteiger partial charge in [-0.15, -0.1) is 0 Å². The lowest BCUT2D eigenvalue weighted by Gasteiger charge is -2.38. The van der Waals surface area contributed by atoms with Gasteiger partial charge in [-0.3, -0.25) is 10.6 Å². The fourth-order valence-corrected chi connectivity index (χ4v) is 3.04. The standard InChI is InChI=1S/C22H26N2O9/c1-12-17(26)18(27)19(28)20(32-12)33-22(30)24-16-8-4-14(5-9-16)11-31-21(29)23-15-6-2-13(10-25)3-7-15/h2-9,12,17-20,25-28H,10-11H2,1H3,(H,23,29)(H,24,30). The normalized spacial score (nSPS) is 24.6. The third-order valence-corrected chi connectivity index (χ3v) is 4.98. The maximum atomic E-state index is 12.1. The molecule has 1 heterocycles. The first-order chi connectivity index (χ1) is 15.8. The maximum absolute atomic E-state index is 12.1. The predicted molar refractivity (Wildman–Crippen MR) is 115 cm³/mol. The summed E-state index contributed by atoms with van der Waals surface area (Å²) in [5.74, 6) is 0. The minimum Gasteiger partial charge on any atom is -0.444 e. The van der Waals surface area contributed by atoms with Crippen molar-refractivity contribution in [3.05, 3.63) is 59.7 Å². The van der Waals surface area contributed by atoms with E-state index in [0.29, 0.717) is 16.9 Å². The van der Waals surface area contributed by atoms with E-state index in [0.717, 1.165) is 5.56 Å². The summed E-state index contributed by atoms with van der Waals surface area (Å²) < 4.78 is 15.4. The van der Waals surface area contributed by atoms with Crippen molar-refractivity contribution in [3.8, 4) is 0 Å². The van der Waals surface area contributed by atoms with Crippen molar-refractivity contribution in [2.45, 2.75) is 50.8 Å². The summed E-state index contributed by atoms with van der Waals surface area (Å²) in [4.78, 5) is 24.0. The lowest BCUT2D eigenvalue weighted by Crippen LogP contribution is -2.57. The Labute approximate surface area is 189 Å². The summed E-state index contributed by atoms with van der Waals surface area (Å²) in [6.07, 6.45) is -8.26. The molecule has 178 valence electrons. The zero-order valence-electron chi connectivity index (χ0n) is 17.7. The molecule has 0 aliphatic carbocycles. The Morgan fingerprint density at radius 2 is 1.39 bits per heavy atom. The van der Waals surface area contributed by atoms with Crippen molar-refractivity contribution < 1.29 is 44.2 Å². The molecule has 0 bridgehead atoms. The van der Waals surface area contributed by atoms with Crippen LogP contribution in [0.2, 0.25) is 0 Å². The van der Waals surface area contributed by atoms with Gasteiger partial charge >= 0.3 is 12.2 Å². The molecular weight excluding hydrogens is 436 g/mol. The summed E-state index contributed by atoms with van der Waals surface area (Å²) in [7, 11) is 0. The minimum absolute atomic E-state index is 0.00844. The van der Waals surface area contributed by atoms with Gasteiger partial charge in [0.05, 0.1) is 12.7 Å². The molecule has 0 spiro atoms. The van der Waals surface area contributed by atoms with Crippen LogP contribution in [0.25, 0.3) is 0 Å². The molecule has 5 atom stereocenters. The second kappa shape index (κ2) is 11.1. The van der Waals surface area contributed by atoms with Crippen LogP contribution in [0.15, 0.2) is 48.5 Å². The minimum atomic E-state index is -1.60. The van der Waals surface area contributed by atoms with Crippen LogP contribution in [-0.2, 0) is 27.4 Å². The number of nitrogens with one attached hydrogen (secondary N) is 2. The number of aliphatic hydroxyl groups is 4. The van der Waals surface area contributed by atoms with E-state index in [4.69, 9.17) is 19.3 Å². The zero-order valence-corrected chi connectivity index (χ0v) is 17.7. The summed E-state index contributed by atoms with van der Waals surface area (Å²) in [5, 5.41) is 43.4. The third kappa shape index (κ3) is 6.63. The SMILES string of the molecule is CC1OC(OC(=O)Nc2ccc(COC(=O)Nc3ccc(CO)cc3)cc2)C(O)C(O)C1O. The lowest BCUT2D eigenvalue weighted by atomic mass is 10.0. The van der Waals surface area contributed by atoms with Crippen LogP contribution in [0.5, 0.6) is 0 Å². The summed E-state index contributed by atoms with van der Waals surface area (Å²) in [6, 6.07) is 13.0. The van der Waals surface area contributed by atoms with Gasteiger partial charge in [0, 0.05) is 11.4 Å². The molecule has 0 aromatic heterocycles. The number of anilines is 2. The molecule has 11 nitrogen and oxygen atoms in total. The number of amides is 2. The average Bonchev–Trinajstić information content (AvgIpc) is 2.81. The number of benzene rings is 2. The van der Waals surface area contributed by atoms with Crippen LogP contribution >= 0.6 is 0 Å². The van der Waals surface area contributed by atoms with Crippen molar-refractivity contribution >= 4 is 23.6 Å². The van der Waals surface area contributed by atoms with Gasteiger partial charge in [0.1, 0.15) is 24.9 Å². The number of rotatable bonds is 6. The molecule has 2 aromatic carbocycles. The molecule has 1 aliphatic heterocycles. The first-order valence-electron chi connectivity index (χ1n) is 10.2. The van der Waals surface area contributed by atoms with Gasteiger partial charge in [0.25, 0.3) is 0 Å². The quantitative estimate of drug-likeness (QED) is 0.371. The van der Waals surface area contributed by atoms with E-state index in [2.05, 4.69) is 10.6 Å². The highest BCUT2D eigenvalue weighted by atomic mass is 16.7. The topological polar surface area (TPSA) is 167 Å². The van der Waals surface area contributed by atoms with E-state index >= 15 is 0 Å². The van der Waals surface area contributed by atoms with Gasteiger partial charge in [0.2, 0.25) is 6.29 Å². The highest BCUT2D eigenvalue weighted by Crippen LogP contribution is 2.22. The van der Waals surface area contributed by atoms with E-state index in [1.54, 1.807) is 48.5 Å². The molecule has 0 radical (unpaired) electrons. The Balaban J connectivity index is 1.44. The van der Waals surface area contributed by atoms with Crippen LogP contribution in [-0.4, -0.2) is 63.3 Å². The number of ether oxygens (including phenoxy) is 3. The number of carbonyl (C=O) groups is 2. The molecule has 1 aliphatic rings. The third-order valence-electron chi connectivity index (χ3n) is 4.98. The number of hydrogen-bond acceptors (Lipinski definition) is 9. The van der Waals surface area contributed by atoms with E-state index in [-0.39, 0.29) is 13.2 Å². The van der Waals surface area contributed by atoms with Gasteiger partial charge in [-0.1, -0.05) is 24.3 Å². The fourth-order valence-electron chi connectivity index (χ4n) is 3.04. The molecule has 0 saturated carbocycles. The highest BCUT2D eigenvalue weighted by Gasteiger charge is 2.43. The molecule has 11 heteroatoms. The molecule has 2 amide bonds. The number of carbonyl (C=O) groups excluding carboxylic acids is 2. The van der Waals surface area contributed by atoms with Gasteiger partial charge in [-0.05, 0) is 42.3 Å². The zero-order chi connectivity index (χ0) is 24.0. The van der Waals surface area contributed by atoms with Crippen molar-refractivity contribution in [2.75, 3.05) is 10.6 Å². The largest absolute Gasteiger partial charge is 0.444 e. The van der Waals surface area contributed by atoms with E-state index in [1.165, 1.54) is 6.92 Å². The Kier molecular flexibility index (Phi) is 8.20. The van der Waals surface area contributed by atoms with Crippen LogP contribution in [0.3, 0.4) is 0 Å². The van der Waals surface area contributed by atoms with Crippen molar-refractivity contribution in [1.29, 1.82) is 0 Å². The fraction of sp³-hybridized carbons (Fsp3) is 0.364. The molecule has 1 saturated heterocycles. The Morgan fingerprint density at radius 3 is 1.97 bits per heavy atom. The first-order valence-corrected chi connectivity index (χ1v) is 10.2. The smallest absolute Gasteiger partial charge is 0.414 e. The van der Waals surface area contributed by atoms with Crippen molar-refractivity contribution in [1.82, 2.24) is 0 Å². The first kappa shape index (κ1) is 24.4. The average molecular weight is 462 g/mol. The molecule has 3 rings (SSSR count). The van der Waals surface area contributed by atoms with Crippen LogP contribution in [0.4, 0.5) is 21.0 Å². The van der Waals surface area contributed by atoms with Crippen LogP contribution in [0, 0.1) is 0 Å². The lowest BCUT2D eigenvalue weighted by molar-refractivity contribution is -0.275. The number of aliphatic hydroxyl groups excluding tert-OH is 4. The van der Waals surface area contributed by atoms with E-state index in [1.807, 2.05) is 0 Å². The van der Waals surface area contributed by atoms with Gasteiger partial charge in [-0.2, -0.15) is 0 Å². The molecule has 6 N–H and O–H groups in total. The molecule has 5 unspecified atom stereocenters. The van der Waals surface area contributed by atoms with Gasteiger partial charge in [-0.25, -0.2) is 9.59 Å². The Morgan fingerprint density at radius 1 is 0.848 bits per heavy atom.